The summed E-state index contributed by atoms with van der Waals surface area (Å²) < 4.78 is 25.5. The highest BCUT2D eigenvalue weighted by Gasteiger charge is 2.19. The molecule has 1 unspecified atom stereocenters. The van der Waals surface area contributed by atoms with E-state index in [1.807, 2.05) is 0 Å². The molecule has 2 N–H and O–H groups in total. The molecule has 0 saturated carbocycles. The monoisotopic (exact) mass is 166 g/mol. The zero-order valence-electron chi connectivity index (χ0n) is 4.69. The minimum Gasteiger partial charge on any atom is -0.367 e. The van der Waals surface area contributed by atoms with E-state index in [2.05, 4.69) is 14.5 Å². The van der Waals surface area contributed by atoms with Gasteiger partial charge in [0.25, 0.3) is 0 Å². The van der Waals surface area contributed by atoms with Gasteiger partial charge in [0.1, 0.15) is 0 Å². The second-order valence-electron chi connectivity index (χ2n) is 1.44. The van der Waals surface area contributed by atoms with Gasteiger partial charge in [-0.2, -0.15) is 0 Å². The average molecular weight is 166 g/mol. The molecule has 1 atom stereocenters. The Kier molecular flexibility index (Phi) is 1.74. The van der Waals surface area contributed by atoms with Crippen LogP contribution in [0.2, 0.25) is 0 Å². The lowest BCUT2D eigenvalue weighted by molar-refractivity contribution is 0.321. The van der Waals surface area contributed by atoms with Crippen LogP contribution in [0, 0.1) is 0 Å². The van der Waals surface area contributed by atoms with Gasteiger partial charge >= 0.3 is 13.9 Å². The zero-order chi connectivity index (χ0) is 7.61. The quantitative estimate of drug-likeness (QED) is 0.638. The second kappa shape index (κ2) is 2.40. The van der Waals surface area contributed by atoms with Crippen LogP contribution in [0.1, 0.15) is 0 Å². The first kappa shape index (κ1) is 7.24. The highest BCUT2D eigenvalue weighted by Crippen LogP contribution is 2.42. The van der Waals surface area contributed by atoms with Gasteiger partial charge in [-0.15, -0.1) is 4.20 Å². The molecule has 0 spiro atoms. The molecule has 0 aliphatic carbocycles. The van der Waals surface area contributed by atoms with Gasteiger partial charge in [0, 0.05) is 12.4 Å². The average Bonchev–Trinajstić information content (AvgIpc) is 2.12. The van der Waals surface area contributed by atoms with Crippen LogP contribution in [-0.2, 0) is 4.57 Å². The molecule has 0 radical (unpaired) electrons. The maximum atomic E-state index is 11.8. The largest absolute Gasteiger partial charge is 0.569 e. The molecule has 1 heterocycles. The van der Waals surface area contributed by atoms with Crippen molar-refractivity contribution in [1.29, 1.82) is 0 Å². The third-order valence-corrected chi connectivity index (χ3v) is 1.07. The Balaban J connectivity index is 2.66. The number of H-pyrrole nitrogens is 1. The Morgan fingerprint density at radius 1 is 1.90 bits per heavy atom. The van der Waals surface area contributed by atoms with Crippen molar-refractivity contribution in [2.24, 2.45) is 0 Å². The molecule has 1 aromatic rings. The standard InChI is InChI=1S/C3H4FN2O3P/c4-10(7,8)9-3-5-1-2-6-3/h1-2H,(H,5,6)(H,7,8). The molecule has 0 aromatic carbocycles. The Bertz CT molecular complexity index is 242. The van der Waals surface area contributed by atoms with Gasteiger partial charge in [-0.3, -0.25) is 4.89 Å². The molecule has 0 bridgehead atoms. The molecule has 0 fully saturated rings. The van der Waals surface area contributed by atoms with Crippen LogP contribution in [-0.4, -0.2) is 14.9 Å². The van der Waals surface area contributed by atoms with E-state index in [0.717, 1.165) is 0 Å². The summed E-state index contributed by atoms with van der Waals surface area (Å²) in [5.74, 6) is 0. The van der Waals surface area contributed by atoms with Crippen molar-refractivity contribution in [3.63, 3.8) is 0 Å². The predicted molar refractivity (Wildman–Crippen MR) is 30.1 cm³/mol. The second-order valence-corrected chi connectivity index (χ2v) is 2.52. The fourth-order valence-electron chi connectivity index (χ4n) is 0.407. The lowest BCUT2D eigenvalue weighted by Gasteiger charge is -1.98. The van der Waals surface area contributed by atoms with Crippen molar-refractivity contribution in [3.05, 3.63) is 12.4 Å². The van der Waals surface area contributed by atoms with E-state index in [0.29, 0.717) is 0 Å². The van der Waals surface area contributed by atoms with Crippen molar-refractivity contribution in [2.75, 3.05) is 0 Å². The highest BCUT2D eigenvalue weighted by atomic mass is 31.2. The van der Waals surface area contributed by atoms with Gasteiger partial charge in [-0.1, -0.05) is 0 Å². The molecule has 5 nitrogen and oxygen atoms in total. The fraction of sp³-hybridized carbons (Fsp3) is 0. The van der Waals surface area contributed by atoms with Crippen molar-refractivity contribution >= 4 is 7.91 Å². The third kappa shape index (κ3) is 2.16. The van der Waals surface area contributed by atoms with E-state index in [1.54, 1.807) is 0 Å². The summed E-state index contributed by atoms with van der Waals surface area (Å²) in [6.45, 7) is 0. The van der Waals surface area contributed by atoms with E-state index >= 15 is 0 Å². The first-order valence-corrected chi connectivity index (χ1v) is 3.76. The molecule has 0 amide bonds. The van der Waals surface area contributed by atoms with Crippen molar-refractivity contribution in [3.8, 4) is 6.01 Å². The number of hydrogen-bond donors (Lipinski definition) is 2. The summed E-state index contributed by atoms with van der Waals surface area (Å²) >= 11 is 0. The molecular weight excluding hydrogens is 162 g/mol. The molecule has 56 valence electrons. The third-order valence-electron chi connectivity index (χ3n) is 0.672. The molecule has 1 rings (SSSR count). The number of hydrogen-bond acceptors (Lipinski definition) is 3. The topological polar surface area (TPSA) is 75.2 Å². The summed E-state index contributed by atoms with van der Waals surface area (Å²) in [5.41, 5.74) is 0. The van der Waals surface area contributed by atoms with Gasteiger partial charge in [0.15, 0.2) is 0 Å². The highest BCUT2D eigenvalue weighted by molar-refractivity contribution is 7.47. The van der Waals surface area contributed by atoms with Gasteiger partial charge in [0.05, 0.1) is 0 Å². The zero-order valence-corrected chi connectivity index (χ0v) is 5.59. The van der Waals surface area contributed by atoms with Crippen molar-refractivity contribution in [2.45, 2.75) is 0 Å². The summed E-state index contributed by atoms with van der Waals surface area (Å²) in [7, 11) is -4.95. The van der Waals surface area contributed by atoms with Crippen LogP contribution >= 0.6 is 7.91 Å². The summed E-state index contributed by atoms with van der Waals surface area (Å²) in [6, 6.07) is -0.312. The van der Waals surface area contributed by atoms with Crippen molar-refractivity contribution < 1.29 is 18.2 Å². The van der Waals surface area contributed by atoms with E-state index in [1.165, 1.54) is 12.4 Å². The minimum absolute atomic E-state index is 0.312. The van der Waals surface area contributed by atoms with Crippen LogP contribution in [0.3, 0.4) is 0 Å². The lowest BCUT2D eigenvalue weighted by Crippen LogP contribution is -1.87. The number of halogens is 1. The molecule has 10 heavy (non-hydrogen) atoms. The maximum Gasteiger partial charge on any atom is 0.569 e. The molecule has 0 aliphatic heterocycles. The normalized spacial score (nSPS) is 16.2. The van der Waals surface area contributed by atoms with E-state index in [4.69, 9.17) is 4.89 Å². The van der Waals surface area contributed by atoms with Gasteiger partial charge in [-0.05, 0) is 0 Å². The number of nitrogens with zero attached hydrogens (tertiary/aromatic N) is 1. The number of nitrogens with one attached hydrogen (secondary N) is 1. The number of rotatable bonds is 2. The van der Waals surface area contributed by atoms with Crippen LogP contribution < -0.4 is 4.52 Å². The van der Waals surface area contributed by atoms with Crippen LogP contribution in [0.4, 0.5) is 4.20 Å². The minimum atomic E-state index is -4.95. The lowest BCUT2D eigenvalue weighted by atomic mass is 11.0. The SMILES string of the molecule is O=P(O)(F)Oc1ncc[nH]1. The van der Waals surface area contributed by atoms with E-state index in [-0.39, 0.29) is 6.01 Å². The Hall–Kier alpha value is -0.870. The Morgan fingerprint density at radius 2 is 2.60 bits per heavy atom. The number of aromatic amines is 1. The van der Waals surface area contributed by atoms with E-state index < -0.39 is 7.91 Å². The van der Waals surface area contributed by atoms with E-state index in [9.17, 15) is 8.76 Å². The first-order valence-electron chi connectivity index (χ1n) is 2.29. The van der Waals surface area contributed by atoms with Crippen molar-refractivity contribution in [1.82, 2.24) is 9.97 Å². The van der Waals surface area contributed by atoms with Crippen LogP contribution in [0.25, 0.3) is 0 Å². The molecule has 0 saturated heterocycles. The van der Waals surface area contributed by atoms with Crippen LogP contribution in [0.5, 0.6) is 6.01 Å². The smallest absolute Gasteiger partial charge is 0.367 e. The predicted octanol–water partition coefficient (Wildman–Crippen LogP) is 0.858. The molecule has 7 heteroatoms. The molecule has 0 aliphatic rings. The Morgan fingerprint density at radius 3 is 3.00 bits per heavy atom. The van der Waals surface area contributed by atoms with Crippen LogP contribution in [0.15, 0.2) is 12.4 Å². The molecule has 1 aromatic heterocycles. The Labute approximate surface area is 55.5 Å². The summed E-state index contributed by atoms with van der Waals surface area (Å²) in [6.07, 6.45) is 2.61. The number of aromatic nitrogens is 2. The fourth-order valence-corrected chi connectivity index (χ4v) is 0.721. The van der Waals surface area contributed by atoms with Gasteiger partial charge < -0.3 is 9.51 Å². The van der Waals surface area contributed by atoms with Gasteiger partial charge in [0.2, 0.25) is 0 Å². The maximum absolute atomic E-state index is 11.8. The summed E-state index contributed by atoms with van der Waals surface area (Å²) in [4.78, 5) is 13.6. The molecular formula is C3H4FN2O3P. The first-order chi connectivity index (χ1) is 4.58. The summed E-state index contributed by atoms with van der Waals surface area (Å²) in [5, 5.41) is 0. The number of imidazole rings is 1. The van der Waals surface area contributed by atoms with Gasteiger partial charge in [-0.25, -0.2) is 9.55 Å².